The molecule has 0 unspecified atom stereocenters. The van der Waals surface area contributed by atoms with Gasteiger partial charge in [0.05, 0.1) is 12.6 Å². The maximum absolute atomic E-state index is 13.1. The average molecular weight is 422 g/mol. The summed E-state index contributed by atoms with van der Waals surface area (Å²) in [6, 6.07) is 17.0. The van der Waals surface area contributed by atoms with Crippen LogP contribution in [0.3, 0.4) is 0 Å². The number of nitrogens with zero attached hydrogens (tertiary/aromatic N) is 1. The molecule has 1 heterocycles. The summed E-state index contributed by atoms with van der Waals surface area (Å²) in [7, 11) is 0. The summed E-state index contributed by atoms with van der Waals surface area (Å²) in [6.45, 7) is 1.74. The third-order valence-electron chi connectivity index (χ3n) is 5.52. The number of piperidine rings is 1. The predicted molar refractivity (Wildman–Crippen MR) is 122 cm³/mol. The maximum Gasteiger partial charge on any atom is 0.240 e. The first-order valence-corrected chi connectivity index (χ1v) is 10.8. The third kappa shape index (κ3) is 6.93. The van der Waals surface area contributed by atoms with Crippen molar-refractivity contribution in [2.75, 3.05) is 19.6 Å². The van der Waals surface area contributed by atoms with Gasteiger partial charge in [-0.1, -0.05) is 61.0 Å². The SMILES string of the molecule is N=C(N)c1ccc(CNC(=O)CN(CCc2ccccc2)C(=O)[C@H]2CCCCN2)cc1. The Balaban J connectivity index is 1.58. The minimum Gasteiger partial charge on any atom is -0.384 e. The van der Waals surface area contributed by atoms with Crippen LogP contribution in [-0.2, 0) is 22.6 Å². The molecule has 2 aromatic rings. The molecule has 0 aliphatic carbocycles. The molecule has 0 saturated carbocycles. The number of nitrogens with two attached hydrogens (primary N) is 1. The number of rotatable bonds is 9. The van der Waals surface area contributed by atoms with Gasteiger partial charge in [-0.05, 0) is 36.9 Å². The summed E-state index contributed by atoms with van der Waals surface area (Å²) in [5.74, 6) is -0.177. The first-order valence-electron chi connectivity index (χ1n) is 10.8. The molecule has 1 fully saturated rings. The van der Waals surface area contributed by atoms with Crippen molar-refractivity contribution in [3.63, 3.8) is 0 Å². The van der Waals surface area contributed by atoms with Gasteiger partial charge < -0.3 is 21.3 Å². The van der Waals surface area contributed by atoms with E-state index in [1.807, 2.05) is 42.5 Å². The highest BCUT2D eigenvalue weighted by molar-refractivity contribution is 5.94. The van der Waals surface area contributed by atoms with Gasteiger partial charge in [0.1, 0.15) is 5.84 Å². The van der Waals surface area contributed by atoms with Gasteiger partial charge in [-0.2, -0.15) is 0 Å². The first kappa shape index (κ1) is 22.5. The first-order chi connectivity index (χ1) is 15.0. The molecule has 5 N–H and O–H groups in total. The van der Waals surface area contributed by atoms with E-state index >= 15 is 0 Å². The largest absolute Gasteiger partial charge is 0.384 e. The number of nitrogens with one attached hydrogen (secondary N) is 3. The Kier molecular flexibility index (Phi) is 8.18. The average Bonchev–Trinajstić information content (AvgIpc) is 2.81. The van der Waals surface area contributed by atoms with E-state index in [9.17, 15) is 9.59 Å². The molecule has 0 bridgehead atoms. The van der Waals surface area contributed by atoms with E-state index in [0.717, 1.165) is 36.9 Å². The molecule has 0 aromatic heterocycles. The van der Waals surface area contributed by atoms with Crippen molar-refractivity contribution in [1.29, 1.82) is 5.41 Å². The van der Waals surface area contributed by atoms with Crippen LogP contribution in [0.1, 0.15) is 36.0 Å². The van der Waals surface area contributed by atoms with Gasteiger partial charge in [-0.15, -0.1) is 0 Å². The fourth-order valence-corrected chi connectivity index (χ4v) is 3.69. The smallest absolute Gasteiger partial charge is 0.240 e. The van der Waals surface area contributed by atoms with E-state index in [1.54, 1.807) is 17.0 Å². The lowest BCUT2D eigenvalue weighted by Gasteiger charge is -2.30. The second kappa shape index (κ2) is 11.3. The van der Waals surface area contributed by atoms with Crippen LogP contribution < -0.4 is 16.4 Å². The van der Waals surface area contributed by atoms with Crippen LogP contribution in [0.4, 0.5) is 0 Å². The fraction of sp³-hybridized carbons (Fsp3) is 0.375. The summed E-state index contributed by atoms with van der Waals surface area (Å²) < 4.78 is 0. The summed E-state index contributed by atoms with van der Waals surface area (Å²) in [5, 5.41) is 13.6. The molecular weight excluding hydrogens is 390 g/mol. The molecule has 1 aliphatic rings. The zero-order chi connectivity index (χ0) is 22.1. The number of carbonyl (C=O) groups excluding carboxylic acids is 2. The number of amidine groups is 1. The molecule has 1 atom stereocenters. The number of nitrogen functional groups attached to an aromatic ring is 1. The molecule has 1 saturated heterocycles. The van der Waals surface area contributed by atoms with E-state index in [-0.39, 0.29) is 30.2 Å². The summed E-state index contributed by atoms with van der Waals surface area (Å²) in [6.07, 6.45) is 3.62. The van der Waals surface area contributed by atoms with Gasteiger partial charge in [-0.25, -0.2) is 0 Å². The monoisotopic (exact) mass is 421 g/mol. The van der Waals surface area contributed by atoms with Gasteiger partial charge >= 0.3 is 0 Å². The Bertz CT molecular complexity index is 877. The molecule has 0 spiro atoms. The van der Waals surface area contributed by atoms with Crippen LogP contribution >= 0.6 is 0 Å². The lowest BCUT2D eigenvalue weighted by molar-refractivity contribution is -0.138. The Morgan fingerprint density at radius 2 is 1.81 bits per heavy atom. The van der Waals surface area contributed by atoms with E-state index in [1.165, 1.54) is 0 Å². The standard InChI is InChI=1S/C24H31N5O2/c25-23(26)20-11-9-19(10-12-20)16-28-22(30)17-29(15-13-18-6-2-1-3-7-18)24(31)21-8-4-5-14-27-21/h1-3,6-7,9-12,21,27H,4-5,8,13-17H2,(H3,25,26)(H,28,30)/t21-/m1/s1. The number of benzene rings is 2. The van der Waals surface area contributed by atoms with Gasteiger partial charge in [0.2, 0.25) is 11.8 Å². The minimum atomic E-state index is -0.212. The van der Waals surface area contributed by atoms with Crippen molar-refractivity contribution in [3.05, 3.63) is 71.3 Å². The zero-order valence-electron chi connectivity index (χ0n) is 17.8. The fourth-order valence-electron chi connectivity index (χ4n) is 3.69. The number of hydrogen-bond donors (Lipinski definition) is 4. The van der Waals surface area contributed by atoms with Crippen LogP contribution in [0.15, 0.2) is 54.6 Å². The second-order valence-electron chi connectivity index (χ2n) is 7.89. The molecule has 2 amide bonds. The maximum atomic E-state index is 13.1. The highest BCUT2D eigenvalue weighted by atomic mass is 16.2. The second-order valence-corrected chi connectivity index (χ2v) is 7.89. The van der Waals surface area contributed by atoms with Gasteiger partial charge in [0.25, 0.3) is 0 Å². The Morgan fingerprint density at radius 3 is 2.45 bits per heavy atom. The summed E-state index contributed by atoms with van der Waals surface area (Å²) >= 11 is 0. The summed E-state index contributed by atoms with van der Waals surface area (Å²) in [5.41, 5.74) is 8.17. The minimum absolute atomic E-state index is 0.00316. The normalized spacial score (nSPS) is 15.8. The molecule has 2 aromatic carbocycles. The van der Waals surface area contributed by atoms with Gasteiger partial charge in [0.15, 0.2) is 0 Å². The van der Waals surface area contributed by atoms with Crippen LogP contribution in [-0.4, -0.2) is 48.2 Å². The quantitative estimate of drug-likeness (QED) is 0.365. The molecule has 3 rings (SSSR count). The number of hydrogen-bond acceptors (Lipinski definition) is 4. The molecule has 7 heteroatoms. The van der Waals surface area contributed by atoms with Crippen molar-refractivity contribution in [3.8, 4) is 0 Å². The third-order valence-corrected chi connectivity index (χ3v) is 5.52. The van der Waals surface area contributed by atoms with Crippen molar-refractivity contribution in [2.24, 2.45) is 5.73 Å². The lowest BCUT2D eigenvalue weighted by atomic mass is 10.0. The van der Waals surface area contributed by atoms with Crippen molar-refractivity contribution >= 4 is 17.6 Å². The molecule has 0 radical (unpaired) electrons. The van der Waals surface area contributed by atoms with Crippen molar-refractivity contribution in [1.82, 2.24) is 15.5 Å². The highest BCUT2D eigenvalue weighted by Crippen LogP contribution is 2.11. The van der Waals surface area contributed by atoms with Gasteiger partial charge in [-0.3, -0.25) is 15.0 Å². The zero-order valence-corrected chi connectivity index (χ0v) is 17.8. The van der Waals surface area contributed by atoms with Crippen LogP contribution in [0.2, 0.25) is 0 Å². The Morgan fingerprint density at radius 1 is 1.06 bits per heavy atom. The molecule has 31 heavy (non-hydrogen) atoms. The van der Waals surface area contributed by atoms with E-state index < -0.39 is 0 Å². The van der Waals surface area contributed by atoms with Crippen LogP contribution in [0.5, 0.6) is 0 Å². The topological polar surface area (TPSA) is 111 Å². The Labute approximate surface area is 183 Å². The van der Waals surface area contributed by atoms with Crippen molar-refractivity contribution in [2.45, 2.75) is 38.3 Å². The lowest BCUT2D eigenvalue weighted by Crippen LogP contribution is -2.51. The van der Waals surface area contributed by atoms with Crippen molar-refractivity contribution < 1.29 is 9.59 Å². The molecule has 7 nitrogen and oxygen atoms in total. The number of carbonyl (C=O) groups is 2. The van der Waals surface area contributed by atoms with E-state index in [4.69, 9.17) is 11.1 Å². The van der Waals surface area contributed by atoms with Crippen LogP contribution in [0, 0.1) is 5.41 Å². The molecule has 1 aliphatic heterocycles. The Hall–Kier alpha value is -3.19. The predicted octanol–water partition coefficient (Wildman–Crippen LogP) is 1.80. The van der Waals surface area contributed by atoms with Crippen LogP contribution in [0.25, 0.3) is 0 Å². The highest BCUT2D eigenvalue weighted by Gasteiger charge is 2.26. The summed E-state index contributed by atoms with van der Waals surface area (Å²) in [4.78, 5) is 27.4. The number of amides is 2. The molecular formula is C24H31N5O2. The van der Waals surface area contributed by atoms with Gasteiger partial charge in [0, 0.05) is 18.7 Å². The molecule has 164 valence electrons. The van der Waals surface area contributed by atoms with E-state index in [2.05, 4.69) is 10.6 Å². The van der Waals surface area contributed by atoms with E-state index in [0.29, 0.717) is 25.1 Å².